The van der Waals surface area contributed by atoms with Crippen LogP contribution < -0.4 is 0 Å². The van der Waals surface area contributed by atoms with Crippen molar-refractivity contribution in [3.63, 3.8) is 0 Å². The molecule has 0 aromatic heterocycles. The predicted molar refractivity (Wildman–Crippen MR) is 188 cm³/mol. The van der Waals surface area contributed by atoms with Crippen LogP contribution in [0.3, 0.4) is 0 Å². The van der Waals surface area contributed by atoms with E-state index in [9.17, 15) is 0 Å². The standard InChI is InChI=1S/C18H48O4S2Si5.6CH4/c1-23-15-13-17-28(11,20-26(6,7)8)22-29(12,18-14-16-24-2)21-27(9,10)19-25(3,4)5;;;;;;/h13-18H2,1-12H3;6*1H4. The first kappa shape index (κ1) is 53.0. The Morgan fingerprint density at radius 3 is 1.06 bits per heavy atom. The van der Waals surface area contributed by atoms with E-state index < -0.39 is 42.3 Å². The lowest BCUT2D eigenvalue weighted by Gasteiger charge is -2.44. The van der Waals surface area contributed by atoms with Crippen molar-refractivity contribution in [2.45, 2.75) is 135 Å². The normalized spacial score (nSPS) is 14.7. The van der Waals surface area contributed by atoms with Gasteiger partial charge < -0.3 is 16.5 Å². The quantitative estimate of drug-likeness (QED) is 0.125. The van der Waals surface area contributed by atoms with Crippen LogP contribution in [0, 0.1) is 0 Å². The molecule has 4 nitrogen and oxygen atoms in total. The second-order valence-electron chi connectivity index (χ2n) is 10.5. The van der Waals surface area contributed by atoms with Crippen molar-refractivity contribution in [2.24, 2.45) is 0 Å². The minimum absolute atomic E-state index is 0. The van der Waals surface area contributed by atoms with Crippen molar-refractivity contribution in [1.82, 2.24) is 0 Å². The van der Waals surface area contributed by atoms with E-state index in [1.54, 1.807) is 0 Å². The summed E-state index contributed by atoms with van der Waals surface area (Å²) in [5.41, 5.74) is 0. The van der Waals surface area contributed by atoms with Gasteiger partial charge in [0.2, 0.25) is 0 Å². The van der Waals surface area contributed by atoms with E-state index in [1.807, 2.05) is 23.5 Å². The van der Waals surface area contributed by atoms with Gasteiger partial charge >= 0.3 is 25.7 Å². The number of thioether (sulfide) groups is 2. The Labute approximate surface area is 240 Å². The van der Waals surface area contributed by atoms with Gasteiger partial charge in [0.05, 0.1) is 0 Å². The molecule has 0 aliphatic carbocycles. The Kier molecular flexibility index (Phi) is 34.0. The largest absolute Gasteiger partial charge is 0.437 e. The van der Waals surface area contributed by atoms with E-state index in [-0.39, 0.29) is 44.6 Å². The van der Waals surface area contributed by atoms with Gasteiger partial charge in [-0.25, -0.2) is 0 Å². The first-order valence-corrected chi connectivity index (χ1v) is 28.2. The lowest BCUT2D eigenvalue weighted by atomic mass is 10.6. The summed E-state index contributed by atoms with van der Waals surface area (Å²) in [5, 5.41) is 0. The molecule has 0 heterocycles. The van der Waals surface area contributed by atoms with Crippen LogP contribution in [-0.2, 0) is 16.5 Å². The molecule has 0 radical (unpaired) electrons. The molecule has 0 aliphatic rings. The van der Waals surface area contributed by atoms with E-state index in [0.717, 1.165) is 36.4 Å². The summed E-state index contributed by atoms with van der Waals surface area (Å²) in [6.45, 7) is 22.5. The first-order chi connectivity index (χ1) is 12.9. The third kappa shape index (κ3) is 28.5. The summed E-state index contributed by atoms with van der Waals surface area (Å²) >= 11 is 3.80. The maximum absolute atomic E-state index is 7.06. The molecule has 0 spiro atoms. The zero-order chi connectivity index (χ0) is 23.0. The smallest absolute Gasteiger partial charge is 0.317 e. The Morgan fingerprint density at radius 2 is 0.771 bits per heavy atom. The maximum atomic E-state index is 7.06. The van der Waals surface area contributed by atoms with Gasteiger partial charge in [-0.05, 0) is 114 Å². The van der Waals surface area contributed by atoms with Crippen LogP contribution in [0.15, 0.2) is 0 Å². The highest BCUT2D eigenvalue weighted by atomic mass is 32.2. The fourth-order valence-electron chi connectivity index (χ4n) is 3.70. The topological polar surface area (TPSA) is 36.9 Å². The lowest BCUT2D eigenvalue weighted by Crippen LogP contribution is -2.60. The lowest BCUT2D eigenvalue weighted by molar-refractivity contribution is 0.288. The highest BCUT2D eigenvalue weighted by Gasteiger charge is 2.48. The Hall–Kier alpha value is 1.62. The van der Waals surface area contributed by atoms with Gasteiger partial charge in [0.25, 0.3) is 0 Å². The van der Waals surface area contributed by atoms with E-state index >= 15 is 0 Å². The average Bonchev–Trinajstić information content (AvgIpc) is 2.41. The second kappa shape index (κ2) is 22.4. The Morgan fingerprint density at radius 1 is 0.457 bits per heavy atom. The zero-order valence-electron chi connectivity index (χ0n) is 21.2. The van der Waals surface area contributed by atoms with Crippen LogP contribution in [-0.4, -0.2) is 66.3 Å². The van der Waals surface area contributed by atoms with E-state index in [4.69, 9.17) is 16.5 Å². The Bertz CT molecular complexity index is 478. The van der Waals surface area contributed by atoms with Crippen molar-refractivity contribution in [1.29, 1.82) is 0 Å². The van der Waals surface area contributed by atoms with Crippen LogP contribution >= 0.6 is 23.5 Å². The molecule has 2 atom stereocenters. The molecular weight excluding hydrogens is 557 g/mol. The average molecular weight is 629 g/mol. The number of hydrogen-bond donors (Lipinski definition) is 0. The fourth-order valence-corrected chi connectivity index (χ4v) is 28.9. The molecule has 0 aromatic carbocycles. The van der Waals surface area contributed by atoms with Crippen LogP contribution in [0.4, 0.5) is 0 Å². The third-order valence-electron chi connectivity index (χ3n) is 3.93. The van der Waals surface area contributed by atoms with Crippen molar-refractivity contribution < 1.29 is 16.5 Å². The van der Waals surface area contributed by atoms with Crippen LogP contribution in [0.25, 0.3) is 0 Å². The van der Waals surface area contributed by atoms with E-state index in [0.29, 0.717) is 0 Å². The maximum Gasteiger partial charge on any atom is 0.317 e. The SMILES string of the molecule is C.C.C.C.C.C.CSCCC[Si](C)(O[Si](C)(C)C)O[Si](C)(CCCSC)O[Si](C)(C)O[Si](C)(C)C. The second-order valence-corrected chi connectivity index (χ2v) is 32.5. The minimum atomic E-state index is -2.42. The molecule has 0 rings (SSSR count). The molecule has 35 heavy (non-hydrogen) atoms. The summed E-state index contributed by atoms with van der Waals surface area (Å²) in [6.07, 6.45) is 6.62. The monoisotopic (exact) mass is 628 g/mol. The van der Waals surface area contributed by atoms with Gasteiger partial charge in [0.1, 0.15) is 0 Å². The van der Waals surface area contributed by atoms with Crippen LogP contribution in [0.2, 0.25) is 77.6 Å². The van der Waals surface area contributed by atoms with Gasteiger partial charge in [0.15, 0.2) is 16.6 Å². The predicted octanol–water partition coefficient (Wildman–Crippen LogP) is 10.9. The summed E-state index contributed by atoms with van der Waals surface area (Å²) in [4.78, 5) is 0. The molecule has 0 saturated carbocycles. The summed E-state index contributed by atoms with van der Waals surface area (Å²) in [5.74, 6) is 2.30. The van der Waals surface area contributed by atoms with Crippen LogP contribution in [0.5, 0.6) is 0 Å². The van der Waals surface area contributed by atoms with E-state index in [2.05, 4.69) is 78.0 Å². The summed E-state index contributed by atoms with van der Waals surface area (Å²) in [7, 11) is -10.4. The minimum Gasteiger partial charge on any atom is -0.437 e. The molecule has 0 aromatic rings. The highest BCUT2D eigenvalue weighted by molar-refractivity contribution is 7.98. The van der Waals surface area contributed by atoms with Crippen molar-refractivity contribution in [3.8, 4) is 0 Å². The first-order valence-electron chi connectivity index (χ1n) is 10.7. The molecule has 0 saturated heterocycles. The van der Waals surface area contributed by atoms with Crippen LogP contribution in [0.1, 0.15) is 57.4 Å². The fraction of sp³-hybridized carbons (Fsp3) is 1.00. The molecule has 0 aliphatic heterocycles. The van der Waals surface area contributed by atoms with Crippen molar-refractivity contribution in [3.05, 3.63) is 0 Å². The number of hydrogen-bond acceptors (Lipinski definition) is 6. The van der Waals surface area contributed by atoms with Gasteiger partial charge in [0, 0.05) is 0 Å². The molecule has 0 fully saturated rings. The van der Waals surface area contributed by atoms with E-state index in [1.165, 1.54) is 0 Å². The van der Waals surface area contributed by atoms with Crippen molar-refractivity contribution >= 4 is 65.8 Å². The van der Waals surface area contributed by atoms with Gasteiger partial charge in [-0.15, -0.1) is 0 Å². The molecule has 224 valence electrons. The van der Waals surface area contributed by atoms with Gasteiger partial charge in [-0.2, -0.15) is 23.5 Å². The molecular formula is C24H72O4S2Si5. The Balaban J connectivity index is -0.000000261. The van der Waals surface area contributed by atoms with Gasteiger partial charge in [-0.1, -0.05) is 44.6 Å². The van der Waals surface area contributed by atoms with Crippen molar-refractivity contribution in [2.75, 3.05) is 24.0 Å². The molecule has 0 amide bonds. The molecule has 0 bridgehead atoms. The summed E-state index contributed by atoms with van der Waals surface area (Å²) in [6, 6.07) is 2.06. The molecule has 11 heteroatoms. The highest BCUT2D eigenvalue weighted by Crippen LogP contribution is 2.32. The third-order valence-corrected chi connectivity index (χ3v) is 23.6. The van der Waals surface area contributed by atoms with Gasteiger partial charge in [-0.3, -0.25) is 0 Å². The summed E-state index contributed by atoms with van der Waals surface area (Å²) < 4.78 is 27.2. The zero-order valence-corrected chi connectivity index (χ0v) is 27.8. The molecule has 2 unspecified atom stereocenters. The number of rotatable bonds is 16. The molecule has 0 N–H and O–H groups in total.